The summed E-state index contributed by atoms with van der Waals surface area (Å²) in [6, 6.07) is 10.1. The van der Waals surface area contributed by atoms with Crippen molar-refractivity contribution in [1.82, 2.24) is 9.47 Å². The summed E-state index contributed by atoms with van der Waals surface area (Å²) < 4.78 is 6.24. The maximum absolute atomic E-state index is 12.3. The van der Waals surface area contributed by atoms with E-state index in [1.807, 2.05) is 0 Å². The van der Waals surface area contributed by atoms with Crippen molar-refractivity contribution < 1.29 is 19.1 Å². The molecule has 8 nitrogen and oxygen atoms in total. The number of aromatic nitrogens is 1. The number of fused-ring (bicyclic) bond motifs is 1. The molecule has 0 radical (unpaired) electrons. The molecule has 2 amide bonds. The maximum Gasteiger partial charge on any atom is 0.326 e. The lowest BCUT2D eigenvalue weighted by Gasteiger charge is -2.13. The third-order valence-electron chi connectivity index (χ3n) is 5.60. The van der Waals surface area contributed by atoms with E-state index in [2.05, 4.69) is 5.32 Å². The second-order valence-electron chi connectivity index (χ2n) is 8.04. The van der Waals surface area contributed by atoms with Gasteiger partial charge in [0.25, 0.3) is 17.4 Å². The number of carbonyl (C=O) groups excluding carboxylic acids is 3. The van der Waals surface area contributed by atoms with E-state index in [1.165, 1.54) is 15.5 Å². The lowest BCUT2D eigenvalue weighted by molar-refractivity contribution is -0.143. The Labute approximate surface area is 193 Å². The fourth-order valence-electron chi connectivity index (χ4n) is 3.88. The first-order valence-corrected chi connectivity index (χ1v) is 11.6. The minimum atomic E-state index is -0.431. The number of ether oxygens (including phenoxy) is 1. The largest absolute Gasteiger partial charge is 0.465 e. The Morgan fingerprint density at radius 2 is 1.52 bits per heavy atom. The highest BCUT2D eigenvalue weighted by atomic mass is 16.5. The van der Waals surface area contributed by atoms with E-state index in [0.717, 1.165) is 50.8 Å². The fraction of sp³-hybridized carbons (Fsp3) is 0.440. The van der Waals surface area contributed by atoms with Crippen molar-refractivity contribution in [1.29, 1.82) is 0 Å². The normalized spacial score (nSPS) is 12.7. The average Bonchev–Trinajstić information content (AvgIpc) is 3.05. The number of amides is 2. The summed E-state index contributed by atoms with van der Waals surface area (Å²) in [4.78, 5) is 49.5. The zero-order chi connectivity index (χ0) is 23.6. The highest BCUT2D eigenvalue weighted by Crippen LogP contribution is 2.22. The topological polar surface area (TPSA) is 97.7 Å². The van der Waals surface area contributed by atoms with Crippen molar-refractivity contribution in [2.45, 2.75) is 52.0 Å². The summed E-state index contributed by atoms with van der Waals surface area (Å²) in [7, 11) is 0. The number of nitrogens with one attached hydrogen (secondary N) is 1. The Kier molecular flexibility index (Phi) is 8.80. The molecule has 8 heteroatoms. The van der Waals surface area contributed by atoms with E-state index in [9.17, 15) is 19.2 Å². The molecular weight excluding hydrogens is 422 g/mol. The van der Waals surface area contributed by atoms with E-state index in [1.54, 1.807) is 43.5 Å². The van der Waals surface area contributed by atoms with Crippen LogP contribution in [0.25, 0.3) is 0 Å². The monoisotopic (exact) mass is 453 g/mol. The van der Waals surface area contributed by atoms with Crippen LogP contribution >= 0.6 is 0 Å². The Bertz CT molecular complexity index is 1010. The van der Waals surface area contributed by atoms with Gasteiger partial charge in [-0.15, -0.1) is 0 Å². The second-order valence-corrected chi connectivity index (χ2v) is 8.04. The van der Waals surface area contributed by atoms with Crippen LogP contribution in [0.2, 0.25) is 0 Å². The molecule has 0 atom stereocenters. The molecule has 2 heterocycles. The fourth-order valence-corrected chi connectivity index (χ4v) is 3.88. The van der Waals surface area contributed by atoms with E-state index in [0.29, 0.717) is 17.7 Å². The number of carbonyl (C=O) groups is 3. The Morgan fingerprint density at radius 3 is 2.18 bits per heavy atom. The van der Waals surface area contributed by atoms with Crippen LogP contribution in [-0.2, 0) is 16.1 Å². The summed E-state index contributed by atoms with van der Waals surface area (Å²) in [6.07, 6.45) is 7.58. The van der Waals surface area contributed by atoms with Crippen LogP contribution in [0, 0.1) is 0 Å². The molecule has 0 bridgehead atoms. The average molecular weight is 454 g/mol. The van der Waals surface area contributed by atoms with Gasteiger partial charge in [-0.2, -0.15) is 0 Å². The molecule has 0 saturated heterocycles. The van der Waals surface area contributed by atoms with Gasteiger partial charge >= 0.3 is 5.97 Å². The van der Waals surface area contributed by atoms with Crippen LogP contribution in [0.3, 0.4) is 0 Å². The van der Waals surface area contributed by atoms with Gasteiger partial charge < -0.3 is 14.6 Å². The maximum atomic E-state index is 12.3. The molecule has 2 aromatic rings. The molecule has 176 valence electrons. The lowest BCUT2D eigenvalue weighted by atomic mass is 10.1. The molecular formula is C25H31N3O5. The number of hydrogen-bond donors (Lipinski definition) is 1. The van der Waals surface area contributed by atoms with Crippen molar-refractivity contribution in [2.24, 2.45) is 0 Å². The van der Waals surface area contributed by atoms with Crippen LogP contribution in [0.4, 0.5) is 5.69 Å². The smallest absolute Gasteiger partial charge is 0.326 e. The van der Waals surface area contributed by atoms with Crippen LogP contribution in [-0.4, -0.2) is 46.9 Å². The number of benzene rings is 1. The van der Waals surface area contributed by atoms with Gasteiger partial charge in [-0.05, 0) is 38.0 Å². The number of imide groups is 1. The predicted octanol–water partition coefficient (Wildman–Crippen LogP) is 3.46. The Hall–Kier alpha value is -3.42. The summed E-state index contributed by atoms with van der Waals surface area (Å²) in [5, 5.41) is 3.28. The van der Waals surface area contributed by atoms with Crippen LogP contribution in [0.1, 0.15) is 66.2 Å². The summed E-state index contributed by atoms with van der Waals surface area (Å²) in [6.45, 7) is 3.16. The molecule has 3 rings (SSSR count). The lowest BCUT2D eigenvalue weighted by Crippen LogP contribution is -2.30. The number of anilines is 1. The minimum absolute atomic E-state index is 0.0943. The summed E-state index contributed by atoms with van der Waals surface area (Å²) in [5.41, 5.74) is 1.56. The third kappa shape index (κ3) is 6.54. The van der Waals surface area contributed by atoms with Gasteiger partial charge in [-0.25, -0.2) is 0 Å². The first-order valence-electron chi connectivity index (χ1n) is 11.6. The third-order valence-corrected chi connectivity index (χ3v) is 5.60. The minimum Gasteiger partial charge on any atom is -0.465 e. The van der Waals surface area contributed by atoms with E-state index >= 15 is 0 Å². The highest BCUT2D eigenvalue weighted by molar-refractivity contribution is 6.21. The van der Waals surface area contributed by atoms with Crippen LogP contribution < -0.4 is 10.9 Å². The van der Waals surface area contributed by atoms with Crippen molar-refractivity contribution in [3.05, 3.63) is 64.1 Å². The van der Waals surface area contributed by atoms with Crippen molar-refractivity contribution in [2.75, 3.05) is 25.0 Å². The highest BCUT2D eigenvalue weighted by Gasteiger charge is 2.34. The molecule has 0 fully saturated rings. The molecule has 1 aliphatic rings. The molecule has 0 unspecified atom stereocenters. The van der Waals surface area contributed by atoms with Gasteiger partial charge in [0.2, 0.25) is 0 Å². The summed E-state index contributed by atoms with van der Waals surface area (Å²) >= 11 is 0. The van der Waals surface area contributed by atoms with Gasteiger partial charge in [0.15, 0.2) is 0 Å². The van der Waals surface area contributed by atoms with E-state index in [4.69, 9.17) is 4.74 Å². The number of esters is 1. The quantitative estimate of drug-likeness (QED) is 0.283. The predicted molar refractivity (Wildman–Crippen MR) is 125 cm³/mol. The van der Waals surface area contributed by atoms with Crippen molar-refractivity contribution in [3.8, 4) is 0 Å². The molecule has 1 aliphatic heterocycles. The molecule has 1 aromatic heterocycles. The Morgan fingerprint density at radius 1 is 0.879 bits per heavy atom. The first-order chi connectivity index (χ1) is 16.0. The standard InChI is InChI=1S/C25H31N3O5/c1-2-33-23(30)18-27-17-19(13-14-22(27)29)26-15-9-5-3-4-6-10-16-28-24(31)20-11-7-8-12-21(20)25(28)32/h7-8,11-14,17,26H,2-6,9-10,15-16,18H2,1H3. The number of pyridine rings is 1. The molecule has 0 spiro atoms. The molecule has 0 aliphatic carbocycles. The van der Waals surface area contributed by atoms with Gasteiger partial charge in [-0.1, -0.05) is 37.8 Å². The SMILES string of the molecule is CCOC(=O)Cn1cc(NCCCCCCCCN2C(=O)c3ccccc3C2=O)ccc1=O. The van der Waals surface area contributed by atoms with Crippen molar-refractivity contribution in [3.63, 3.8) is 0 Å². The number of hydrogen-bond acceptors (Lipinski definition) is 6. The van der Waals surface area contributed by atoms with E-state index in [-0.39, 0.29) is 30.5 Å². The van der Waals surface area contributed by atoms with Gasteiger partial charge in [0.05, 0.1) is 23.4 Å². The molecule has 33 heavy (non-hydrogen) atoms. The first kappa shape index (κ1) is 24.2. The number of unbranched alkanes of at least 4 members (excludes halogenated alkanes) is 5. The zero-order valence-corrected chi connectivity index (χ0v) is 19.0. The van der Waals surface area contributed by atoms with Crippen LogP contribution in [0.15, 0.2) is 47.4 Å². The van der Waals surface area contributed by atoms with E-state index < -0.39 is 5.97 Å². The summed E-state index contributed by atoms with van der Waals surface area (Å²) in [5.74, 6) is -0.801. The molecule has 1 N–H and O–H groups in total. The van der Waals surface area contributed by atoms with Crippen LogP contribution in [0.5, 0.6) is 0 Å². The van der Waals surface area contributed by atoms with Gasteiger partial charge in [-0.3, -0.25) is 24.1 Å². The number of nitrogens with zero attached hydrogens (tertiary/aromatic N) is 2. The second kappa shape index (κ2) is 12.0. The number of rotatable bonds is 13. The zero-order valence-electron chi connectivity index (χ0n) is 19.0. The molecule has 1 aromatic carbocycles. The van der Waals surface area contributed by atoms with Gasteiger partial charge in [0.1, 0.15) is 6.54 Å². The van der Waals surface area contributed by atoms with Gasteiger partial charge in [0, 0.05) is 25.4 Å². The van der Waals surface area contributed by atoms with Crippen molar-refractivity contribution >= 4 is 23.5 Å². The Balaban J connectivity index is 1.28. The molecule has 0 saturated carbocycles.